The van der Waals surface area contributed by atoms with Crippen LogP contribution in [0.25, 0.3) is 0 Å². The Morgan fingerprint density at radius 3 is 2.50 bits per heavy atom. The molecule has 0 saturated carbocycles. The number of amides is 2. The van der Waals surface area contributed by atoms with Crippen molar-refractivity contribution < 1.29 is 9.59 Å². The summed E-state index contributed by atoms with van der Waals surface area (Å²) in [5.41, 5.74) is 2.69. The van der Waals surface area contributed by atoms with E-state index in [1.54, 1.807) is 6.07 Å². The molecule has 0 spiro atoms. The Hall–Kier alpha value is -3.13. The molecule has 1 heterocycles. The fourth-order valence-electron chi connectivity index (χ4n) is 3.24. The number of nitrogens with one attached hydrogen (secondary N) is 2. The van der Waals surface area contributed by atoms with Crippen molar-refractivity contribution in [1.29, 1.82) is 0 Å². The van der Waals surface area contributed by atoms with Gasteiger partial charge >= 0.3 is 0 Å². The zero-order valence-corrected chi connectivity index (χ0v) is 19.6. The van der Waals surface area contributed by atoms with Crippen molar-refractivity contribution in [3.05, 3.63) is 77.1 Å². The summed E-state index contributed by atoms with van der Waals surface area (Å²) in [5, 5.41) is 15.2. The van der Waals surface area contributed by atoms with E-state index >= 15 is 0 Å². The maximum Gasteiger partial charge on any atom is 0.251 e. The van der Waals surface area contributed by atoms with Gasteiger partial charge in [-0.3, -0.25) is 9.59 Å². The first kappa shape index (κ1) is 23.5. The van der Waals surface area contributed by atoms with Crippen LogP contribution < -0.4 is 10.6 Å². The minimum absolute atomic E-state index is 0.0726. The Bertz CT molecular complexity index is 1070. The van der Waals surface area contributed by atoms with Crippen LogP contribution >= 0.6 is 11.8 Å². The number of thioether (sulfide) groups is 1. The predicted molar refractivity (Wildman–Crippen MR) is 126 cm³/mol. The minimum atomic E-state index is -0.304. The van der Waals surface area contributed by atoms with Gasteiger partial charge in [0.2, 0.25) is 5.91 Å². The largest absolute Gasteiger partial charge is 0.351 e. The fraction of sp³-hybridized carbons (Fsp3) is 0.333. The van der Waals surface area contributed by atoms with Gasteiger partial charge < -0.3 is 15.2 Å². The average molecular weight is 452 g/mol. The summed E-state index contributed by atoms with van der Waals surface area (Å²) >= 11 is 1.32. The molecule has 0 bridgehead atoms. The molecule has 8 heteroatoms. The second-order valence-corrected chi connectivity index (χ2v) is 8.96. The molecule has 2 amide bonds. The molecule has 168 valence electrons. The lowest BCUT2D eigenvalue weighted by atomic mass is 10.0. The van der Waals surface area contributed by atoms with Crippen LogP contribution in [0.2, 0.25) is 0 Å². The minimum Gasteiger partial charge on any atom is -0.351 e. The van der Waals surface area contributed by atoms with Crippen LogP contribution in [-0.2, 0) is 18.4 Å². The highest BCUT2D eigenvalue weighted by Gasteiger charge is 2.25. The summed E-state index contributed by atoms with van der Waals surface area (Å²) in [6.07, 6.45) is 0. The van der Waals surface area contributed by atoms with Gasteiger partial charge in [0.05, 0.1) is 11.8 Å². The third-order valence-corrected chi connectivity index (χ3v) is 6.07. The summed E-state index contributed by atoms with van der Waals surface area (Å²) in [6.45, 7) is 6.50. The molecular formula is C24H29N5O2S. The molecule has 7 nitrogen and oxygen atoms in total. The third kappa shape index (κ3) is 6.20. The van der Waals surface area contributed by atoms with Gasteiger partial charge in [0.25, 0.3) is 5.91 Å². The number of hydrogen-bond acceptors (Lipinski definition) is 5. The quantitative estimate of drug-likeness (QED) is 0.485. The summed E-state index contributed by atoms with van der Waals surface area (Å²) in [4.78, 5) is 25.0. The van der Waals surface area contributed by atoms with Gasteiger partial charge in [-0.25, -0.2) is 0 Å². The van der Waals surface area contributed by atoms with Gasteiger partial charge in [0.15, 0.2) is 11.0 Å². The van der Waals surface area contributed by atoms with E-state index in [2.05, 4.69) is 20.8 Å². The number of hydrogen-bond donors (Lipinski definition) is 2. The molecule has 0 saturated heterocycles. The van der Waals surface area contributed by atoms with Crippen LogP contribution in [-0.4, -0.2) is 32.3 Å². The smallest absolute Gasteiger partial charge is 0.251 e. The summed E-state index contributed by atoms with van der Waals surface area (Å²) in [6, 6.07) is 17.0. The van der Waals surface area contributed by atoms with Crippen molar-refractivity contribution >= 4 is 23.6 Å². The highest BCUT2D eigenvalue weighted by molar-refractivity contribution is 7.99. The number of benzene rings is 2. The van der Waals surface area contributed by atoms with E-state index < -0.39 is 0 Å². The van der Waals surface area contributed by atoms with Crippen molar-refractivity contribution in [2.45, 2.75) is 38.5 Å². The molecule has 32 heavy (non-hydrogen) atoms. The first-order valence-electron chi connectivity index (χ1n) is 10.6. The average Bonchev–Trinajstić information content (AvgIpc) is 3.14. The van der Waals surface area contributed by atoms with E-state index in [9.17, 15) is 9.59 Å². The Morgan fingerprint density at radius 1 is 1.06 bits per heavy atom. The molecule has 3 rings (SSSR count). The number of nitrogens with zero attached hydrogens (tertiary/aromatic N) is 3. The standard InChI is InChI=1S/C24H29N5O2S/c1-16(2)21(26-23(31)19-12-8-9-17(3)13-19)22-27-28-24(29(22)4)32-15-20(30)25-14-18-10-6-5-7-11-18/h5-13,16,21H,14-15H2,1-4H3,(H,25,30)(H,26,31)/t21-/m0/s1. The van der Waals surface area contributed by atoms with Crippen molar-refractivity contribution in [2.24, 2.45) is 13.0 Å². The lowest BCUT2D eigenvalue weighted by Gasteiger charge is -2.21. The molecule has 2 N–H and O–H groups in total. The first-order valence-corrected chi connectivity index (χ1v) is 11.5. The van der Waals surface area contributed by atoms with Crippen LogP contribution in [0, 0.1) is 12.8 Å². The second kappa shape index (κ2) is 10.9. The molecule has 0 fully saturated rings. The molecule has 1 aromatic heterocycles. The summed E-state index contributed by atoms with van der Waals surface area (Å²) in [5.74, 6) is 0.786. The Morgan fingerprint density at radius 2 is 1.81 bits per heavy atom. The summed E-state index contributed by atoms with van der Waals surface area (Å²) < 4.78 is 1.84. The second-order valence-electron chi connectivity index (χ2n) is 8.02. The van der Waals surface area contributed by atoms with Crippen molar-refractivity contribution in [2.75, 3.05) is 5.75 Å². The molecule has 0 radical (unpaired) electrons. The Labute approximate surface area is 193 Å². The van der Waals surface area contributed by atoms with Crippen LogP contribution in [0.5, 0.6) is 0 Å². The van der Waals surface area contributed by atoms with E-state index in [1.807, 2.05) is 80.9 Å². The van der Waals surface area contributed by atoms with Crippen LogP contribution in [0.1, 0.15) is 47.2 Å². The zero-order valence-electron chi connectivity index (χ0n) is 18.8. The van der Waals surface area contributed by atoms with E-state index in [0.29, 0.717) is 23.1 Å². The van der Waals surface area contributed by atoms with Crippen molar-refractivity contribution in [3.63, 3.8) is 0 Å². The normalized spacial score (nSPS) is 11.9. The SMILES string of the molecule is Cc1cccc(C(=O)N[C@H](c2nnc(SCC(=O)NCc3ccccc3)n2C)C(C)C)c1. The first-order chi connectivity index (χ1) is 15.3. The van der Waals surface area contributed by atoms with Gasteiger partial charge in [0, 0.05) is 19.2 Å². The van der Waals surface area contributed by atoms with E-state index in [4.69, 9.17) is 0 Å². The molecule has 0 aliphatic carbocycles. The number of aromatic nitrogens is 3. The van der Waals surface area contributed by atoms with Gasteiger partial charge in [-0.2, -0.15) is 0 Å². The van der Waals surface area contributed by atoms with Crippen LogP contribution in [0.4, 0.5) is 0 Å². The zero-order chi connectivity index (χ0) is 23.1. The van der Waals surface area contributed by atoms with Gasteiger partial charge in [-0.05, 0) is 30.5 Å². The number of rotatable bonds is 9. The van der Waals surface area contributed by atoms with Gasteiger partial charge in [-0.1, -0.05) is 73.6 Å². The number of carbonyl (C=O) groups excluding carboxylic acids is 2. The highest BCUT2D eigenvalue weighted by Crippen LogP contribution is 2.24. The Balaban J connectivity index is 1.62. The van der Waals surface area contributed by atoms with Gasteiger partial charge in [-0.15, -0.1) is 10.2 Å². The fourth-order valence-corrected chi connectivity index (χ4v) is 3.99. The van der Waals surface area contributed by atoms with E-state index in [1.165, 1.54) is 11.8 Å². The number of carbonyl (C=O) groups is 2. The third-order valence-electron chi connectivity index (χ3n) is 5.05. The molecule has 1 atom stereocenters. The molecule has 2 aromatic carbocycles. The van der Waals surface area contributed by atoms with E-state index in [-0.39, 0.29) is 29.5 Å². The predicted octanol–water partition coefficient (Wildman–Crippen LogP) is 3.66. The lowest BCUT2D eigenvalue weighted by Crippen LogP contribution is -2.33. The van der Waals surface area contributed by atoms with Gasteiger partial charge in [0.1, 0.15) is 0 Å². The molecular weight excluding hydrogens is 422 g/mol. The Kier molecular flexibility index (Phi) is 8.05. The lowest BCUT2D eigenvalue weighted by molar-refractivity contribution is -0.118. The monoisotopic (exact) mass is 451 g/mol. The maximum atomic E-state index is 12.8. The molecule has 3 aromatic rings. The number of aryl methyl sites for hydroxylation is 1. The highest BCUT2D eigenvalue weighted by atomic mass is 32.2. The molecule has 0 aliphatic heterocycles. The van der Waals surface area contributed by atoms with Crippen LogP contribution in [0.15, 0.2) is 59.8 Å². The van der Waals surface area contributed by atoms with E-state index in [0.717, 1.165) is 11.1 Å². The van der Waals surface area contributed by atoms with Crippen molar-refractivity contribution in [3.8, 4) is 0 Å². The molecule has 0 aliphatic rings. The van der Waals surface area contributed by atoms with Crippen molar-refractivity contribution in [1.82, 2.24) is 25.4 Å². The van der Waals surface area contributed by atoms with Crippen LogP contribution in [0.3, 0.4) is 0 Å². The topological polar surface area (TPSA) is 88.9 Å². The molecule has 0 unspecified atom stereocenters. The summed E-state index contributed by atoms with van der Waals surface area (Å²) in [7, 11) is 1.85. The maximum absolute atomic E-state index is 12.8.